The first-order chi connectivity index (χ1) is 23.2. The van der Waals surface area contributed by atoms with Crippen LogP contribution >= 0.6 is 11.3 Å². The van der Waals surface area contributed by atoms with Crippen LogP contribution in [0.4, 0.5) is 4.79 Å². The second-order valence-electron chi connectivity index (χ2n) is 13.2. The molecule has 1 aliphatic heterocycles. The molecule has 4 atom stereocenters. The fourth-order valence-corrected chi connectivity index (χ4v) is 6.58. The van der Waals surface area contributed by atoms with Crippen molar-refractivity contribution < 1.29 is 38.5 Å². The number of carboxylic acid groups (broad SMARTS) is 1. The molecule has 5 rings (SSSR count). The van der Waals surface area contributed by atoms with Gasteiger partial charge >= 0.3 is 6.09 Å². The summed E-state index contributed by atoms with van der Waals surface area (Å²) in [5.74, 6) is -1.07. The SMILES string of the molecule is Cc1ncsc1-c1ccc(C(C)NC(=O)[C@@H]2C[C@@H](O)CN2C(=O)C(NC(=O)c2cc3cc(OCCNC(=O)O)ccc3o2)C(C)(C)C)cc1. The summed E-state index contributed by atoms with van der Waals surface area (Å²) >= 11 is 1.56. The summed E-state index contributed by atoms with van der Waals surface area (Å²) in [5.41, 5.74) is 4.34. The summed E-state index contributed by atoms with van der Waals surface area (Å²) in [4.78, 5) is 58.5. The highest BCUT2D eigenvalue weighted by Gasteiger charge is 2.45. The number of fused-ring (bicyclic) bond motifs is 1. The van der Waals surface area contributed by atoms with Crippen molar-refractivity contribution in [2.24, 2.45) is 5.41 Å². The van der Waals surface area contributed by atoms with E-state index in [4.69, 9.17) is 14.3 Å². The number of nitrogens with zero attached hydrogens (tertiary/aromatic N) is 2. The summed E-state index contributed by atoms with van der Waals surface area (Å²) in [6.07, 6.45) is -1.98. The van der Waals surface area contributed by atoms with Gasteiger partial charge in [-0.05, 0) is 54.7 Å². The Bertz CT molecular complexity index is 1830. The van der Waals surface area contributed by atoms with Gasteiger partial charge in [-0.2, -0.15) is 0 Å². The molecule has 49 heavy (non-hydrogen) atoms. The molecule has 0 spiro atoms. The van der Waals surface area contributed by atoms with E-state index < -0.39 is 47.4 Å². The molecule has 1 saturated heterocycles. The molecular weight excluding hydrogens is 650 g/mol. The average Bonchev–Trinajstić information content (AvgIpc) is 3.78. The molecule has 4 aromatic rings. The topological polar surface area (TPSA) is 183 Å². The van der Waals surface area contributed by atoms with Gasteiger partial charge in [0.2, 0.25) is 11.8 Å². The summed E-state index contributed by atoms with van der Waals surface area (Å²) in [6.45, 7) is 9.40. The van der Waals surface area contributed by atoms with Gasteiger partial charge in [0.05, 0.1) is 34.8 Å². The second-order valence-corrected chi connectivity index (χ2v) is 14.0. The van der Waals surface area contributed by atoms with Crippen molar-refractivity contribution in [3.63, 3.8) is 0 Å². The van der Waals surface area contributed by atoms with Crippen molar-refractivity contribution in [1.82, 2.24) is 25.8 Å². The molecule has 0 aliphatic carbocycles. The Balaban J connectivity index is 1.26. The van der Waals surface area contributed by atoms with Gasteiger partial charge in [-0.15, -0.1) is 11.3 Å². The van der Waals surface area contributed by atoms with Crippen LogP contribution in [0.15, 0.2) is 58.5 Å². The van der Waals surface area contributed by atoms with Crippen molar-refractivity contribution in [3.05, 3.63) is 71.1 Å². The van der Waals surface area contributed by atoms with Crippen molar-refractivity contribution in [1.29, 1.82) is 0 Å². The van der Waals surface area contributed by atoms with Gasteiger partial charge < -0.3 is 40.2 Å². The molecule has 5 N–H and O–H groups in total. The minimum absolute atomic E-state index is 0.0251. The summed E-state index contributed by atoms with van der Waals surface area (Å²) in [5, 5.41) is 27.9. The number of β-amino-alcohol motifs (C(OH)–C–C–N with tert-alkyl or cyclic N) is 1. The van der Waals surface area contributed by atoms with E-state index in [1.54, 1.807) is 55.8 Å². The maximum absolute atomic E-state index is 14.1. The third-order valence-electron chi connectivity index (χ3n) is 8.39. The lowest BCUT2D eigenvalue weighted by Gasteiger charge is -2.35. The number of carbonyl (C=O) groups is 4. The Morgan fingerprint density at radius 3 is 2.49 bits per heavy atom. The number of aliphatic hydroxyl groups excluding tert-OH is 1. The molecule has 1 aliphatic rings. The number of ether oxygens (including phenoxy) is 1. The summed E-state index contributed by atoms with van der Waals surface area (Å²) in [6, 6.07) is 12.0. The predicted octanol–water partition coefficient (Wildman–Crippen LogP) is 4.49. The van der Waals surface area contributed by atoms with Crippen LogP contribution in [-0.4, -0.2) is 81.8 Å². The largest absolute Gasteiger partial charge is 0.492 e. The summed E-state index contributed by atoms with van der Waals surface area (Å²) < 4.78 is 11.3. The Kier molecular flexibility index (Phi) is 10.6. The predicted molar refractivity (Wildman–Crippen MR) is 183 cm³/mol. The minimum atomic E-state index is -1.15. The number of nitrogens with one attached hydrogen (secondary N) is 3. The van der Waals surface area contributed by atoms with Crippen molar-refractivity contribution in [2.75, 3.05) is 19.7 Å². The second kappa shape index (κ2) is 14.7. The zero-order valence-electron chi connectivity index (χ0n) is 28.0. The minimum Gasteiger partial charge on any atom is -0.492 e. The molecule has 0 bridgehead atoms. The molecule has 13 nitrogen and oxygen atoms in total. The Morgan fingerprint density at radius 2 is 1.84 bits per heavy atom. The molecular formula is C35H41N5O8S. The first-order valence-corrected chi connectivity index (χ1v) is 16.8. The van der Waals surface area contributed by atoms with Crippen LogP contribution < -0.4 is 20.7 Å². The van der Waals surface area contributed by atoms with Crippen LogP contribution in [-0.2, 0) is 9.59 Å². The molecule has 0 saturated carbocycles. The Morgan fingerprint density at radius 1 is 1.10 bits per heavy atom. The number of hydrogen-bond acceptors (Lipinski definition) is 9. The first-order valence-electron chi connectivity index (χ1n) is 15.9. The average molecular weight is 692 g/mol. The lowest BCUT2D eigenvalue weighted by molar-refractivity contribution is -0.142. The third-order valence-corrected chi connectivity index (χ3v) is 9.37. The first kappa shape index (κ1) is 35.4. The fourth-order valence-electron chi connectivity index (χ4n) is 5.77. The van der Waals surface area contributed by atoms with Gasteiger partial charge in [-0.25, -0.2) is 9.78 Å². The van der Waals surface area contributed by atoms with E-state index >= 15 is 0 Å². The maximum Gasteiger partial charge on any atom is 0.404 e. The number of aryl methyl sites for hydroxylation is 1. The van der Waals surface area contributed by atoms with E-state index in [1.807, 2.05) is 38.1 Å². The molecule has 1 fully saturated rings. The molecule has 2 aromatic heterocycles. The highest BCUT2D eigenvalue weighted by atomic mass is 32.1. The fraction of sp³-hybridized carbons (Fsp3) is 0.400. The van der Waals surface area contributed by atoms with Gasteiger partial charge in [0.25, 0.3) is 5.91 Å². The smallest absolute Gasteiger partial charge is 0.404 e. The maximum atomic E-state index is 14.1. The van der Waals surface area contributed by atoms with Crippen LogP contribution in [0.3, 0.4) is 0 Å². The molecule has 14 heteroatoms. The van der Waals surface area contributed by atoms with Crippen LogP contribution in [0.25, 0.3) is 21.4 Å². The lowest BCUT2D eigenvalue weighted by Crippen LogP contribution is -2.57. The number of thiazole rings is 1. The normalized spacial score (nSPS) is 17.4. The van der Waals surface area contributed by atoms with Crippen molar-refractivity contribution >= 4 is 46.1 Å². The monoisotopic (exact) mass is 691 g/mol. The van der Waals surface area contributed by atoms with E-state index in [0.29, 0.717) is 16.7 Å². The van der Waals surface area contributed by atoms with Gasteiger partial charge in [0, 0.05) is 18.4 Å². The van der Waals surface area contributed by atoms with E-state index in [2.05, 4.69) is 20.9 Å². The summed E-state index contributed by atoms with van der Waals surface area (Å²) in [7, 11) is 0. The molecule has 260 valence electrons. The van der Waals surface area contributed by atoms with E-state index in [0.717, 1.165) is 21.7 Å². The van der Waals surface area contributed by atoms with E-state index in [-0.39, 0.29) is 37.9 Å². The van der Waals surface area contributed by atoms with E-state index in [1.165, 1.54) is 11.0 Å². The lowest BCUT2D eigenvalue weighted by atomic mass is 9.85. The van der Waals surface area contributed by atoms with Crippen molar-refractivity contribution in [3.8, 4) is 16.2 Å². The standard InChI is InChI=1S/C35H41N5O8S/c1-19(21-6-8-22(9-7-21)29-20(2)37-18-49-29)38-31(42)26-16-24(41)17-40(26)33(44)30(35(3,4)5)39-32(43)28-15-23-14-25(10-11-27(23)48-28)47-13-12-36-34(45)46/h6-11,14-15,18-19,24,26,30,36,41H,12-13,16-17H2,1-5H3,(H,38,42)(H,39,43)(H,45,46)/t19?,24-,26+,30?/m1/s1. The zero-order chi connectivity index (χ0) is 35.5. The number of likely N-dealkylation sites (tertiary alicyclic amines) is 1. The van der Waals surface area contributed by atoms with Crippen molar-refractivity contribution in [2.45, 2.75) is 65.3 Å². The van der Waals surface area contributed by atoms with Gasteiger partial charge in [0.15, 0.2) is 5.76 Å². The molecule has 2 unspecified atom stereocenters. The highest BCUT2D eigenvalue weighted by molar-refractivity contribution is 7.13. The molecule has 0 radical (unpaired) electrons. The number of aliphatic hydroxyl groups is 1. The van der Waals surface area contributed by atoms with Gasteiger partial charge in [0.1, 0.15) is 30.0 Å². The van der Waals surface area contributed by atoms with Gasteiger partial charge in [-0.1, -0.05) is 45.0 Å². The number of benzene rings is 2. The molecule has 3 heterocycles. The van der Waals surface area contributed by atoms with Crippen LogP contribution in [0.2, 0.25) is 0 Å². The third kappa shape index (κ3) is 8.38. The quantitative estimate of drug-likeness (QED) is 0.141. The zero-order valence-corrected chi connectivity index (χ0v) is 28.8. The number of rotatable bonds is 11. The van der Waals surface area contributed by atoms with Crippen LogP contribution in [0, 0.1) is 12.3 Å². The number of furan rings is 1. The van der Waals surface area contributed by atoms with E-state index in [9.17, 15) is 24.3 Å². The highest BCUT2D eigenvalue weighted by Crippen LogP contribution is 2.30. The number of aromatic nitrogens is 1. The molecule has 4 amide bonds. The number of carbonyl (C=O) groups excluding carboxylic acids is 3. The Hall–Kier alpha value is -4.95. The molecule has 2 aromatic carbocycles. The number of amides is 4. The van der Waals surface area contributed by atoms with Gasteiger partial charge in [-0.3, -0.25) is 14.4 Å². The van der Waals surface area contributed by atoms with Crippen LogP contribution in [0.1, 0.15) is 62.0 Å². The van der Waals surface area contributed by atoms with Crippen LogP contribution in [0.5, 0.6) is 5.75 Å². The Labute approximate surface area is 287 Å². The number of hydrogen-bond donors (Lipinski definition) is 5.